The van der Waals surface area contributed by atoms with Crippen LogP contribution in [0, 0.1) is 5.92 Å². The van der Waals surface area contributed by atoms with E-state index in [0.29, 0.717) is 13.0 Å². The lowest BCUT2D eigenvalue weighted by molar-refractivity contribution is -0.149. The van der Waals surface area contributed by atoms with E-state index in [9.17, 15) is 9.90 Å². The van der Waals surface area contributed by atoms with Gasteiger partial charge in [-0.05, 0) is 30.9 Å². The maximum Gasteiger partial charge on any atom is 0.324 e. The van der Waals surface area contributed by atoms with Crippen molar-refractivity contribution < 1.29 is 14.3 Å². The molecule has 1 saturated carbocycles. The highest BCUT2D eigenvalue weighted by Gasteiger charge is 2.44. The second-order valence-corrected chi connectivity index (χ2v) is 4.86. The largest absolute Gasteiger partial charge is 0.480 e. The van der Waals surface area contributed by atoms with E-state index < -0.39 is 11.5 Å². The Labute approximate surface area is 101 Å². The third-order valence-electron chi connectivity index (χ3n) is 3.84. The van der Waals surface area contributed by atoms with Crippen LogP contribution in [0.1, 0.15) is 38.4 Å². The molecule has 2 unspecified atom stereocenters. The molecule has 1 heterocycles. The second kappa shape index (κ2) is 4.92. The molecule has 1 aliphatic carbocycles. The van der Waals surface area contributed by atoms with Crippen molar-refractivity contribution in [2.24, 2.45) is 5.92 Å². The monoisotopic (exact) mass is 237 g/mol. The molecule has 17 heavy (non-hydrogen) atoms. The fraction of sp³-hybridized carbons (Fsp3) is 0.615. The molecule has 0 spiro atoms. The SMILES string of the molecule is CC1CCCCC1(NCc1ccco1)C(=O)O. The highest BCUT2D eigenvalue weighted by atomic mass is 16.4. The number of carbonyl (C=O) groups is 1. The van der Waals surface area contributed by atoms with Crippen LogP contribution in [0.3, 0.4) is 0 Å². The van der Waals surface area contributed by atoms with Gasteiger partial charge in [-0.25, -0.2) is 0 Å². The molecule has 0 aromatic carbocycles. The molecular formula is C13H19NO3. The maximum atomic E-state index is 11.6. The van der Waals surface area contributed by atoms with Crippen LogP contribution in [0.4, 0.5) is 0 Å². The molecule has 0 aliphatic heterocycles. The van der Waals surface area contributed by atoms with E-state index in [4.69, 9.17) is 4.42 Å². The average Bonchev–Trinajstić information content (AvgIpc) is 2.81. The molecule has 2 rings (SSSR count). The van der Waals surface area contributed by atoms with Gasteiger partial charge in [0.2, 0.25) is 0 Å². The van der Waals surface area contributed by atoms with Gasteiger partial charge in [0, 0.05) is 0 Å². The molecule has 1 aromatic rings. The Morgan fingerprint density at radius 3 is 3.06 bits per heavy atom. The molecule has 4 nitrogen and oxygen atoms in total. The fourth-order valence-electron chi connectivity index (χ4n) is 2.66. The Morgan fingerprint density at radius 1 is 1.65 bits per heavy atom. The van der Waals surface area contributed by atoms with E-state index in [2.05, 4.69) is 5.32 Å². The summed E-state index contributed by atoms with van der Waals surface area (Å²) in [6.07, 6.45) is 5.37. The third kappa shape index (κ3) is 2.36. The van der Waals surface area contributed by atoms with Crippen molar-refractivity contribution in [3.63, 3.8) is 0 Å². The number of carboxylic acids is 1. The first-order valence-electron chi connectivity index (χ1n) is 6.16. The van der Waals surface area contributed by atoms with E-state index in [1.807, 2.05) is 19.1 Å². The van der Waals surface area contributed by atoms with Crippen LogP contribution >= 0.6 is 0 Å². The minimum absolute atomic E-state index is 0.156. The van der Waals surface area contributed by atoms with Gasteiger partial charge in [0.25, 0.3) is 0 Å². The zero-order valence-electron chi connectivity index (χ0n) is 10.1. The highest BCUT2D eigenvalue weighted by Crippen LogP contribution is 2.34. The van der Waals surface area contributed by atoms with Crippen LogP contribution in [0.15, 0.2) is 22.8 Å². The van der Waals surface area contributed by atoms with E-state index in [1.165, 1.54) is 0 Å². The number of aliphatic carboxylic acids is 1. The van der Waals surface area contributed by atoms with E-state index in [0.717, 1.165) is 25.0 Å². The summed E-state index contributed by atoms with van der Waals surface area (Å²) >= 11 is 0. The standard InChI is InChI=1S/C13H19NO3/c1-10-5-2-3-7-13(10,12(15)16)14-9-11-6-4-8-17-11/h4,6,8,10,14H,2-3,5,7,9H2,1H3,(H,15,16). The van der Waals surface area contributed by atoms with Crippen molar-refractivity contribution >= 4 is 5.97 Å². The summed E-state index contributed by atoms with van der Waals surface area (Å²) in [6, 6.07) is 3.67. The Kier molecular flexibility index (Phi) is 3.52. The predicted octanol–water partition coefficient (Wildman–Crippen LogP) is 2.40. The first-order valence-corrected chi connectivity index (χ1v) is 6.16. The minimum Gasteiger partial charge on any atom is -0.480 e. The normalized spacial score (nSPS) is 29.1. The van der Waals surface area contributed by atoms with E-state index in [1.54, 1.807) is 6.26 Å². The van der Waals surface area contributed by atoms with E-state index >= 15 is 0 Å². The van der Waals surface area contributed by atoms with Crippen LogP contribution < -0.4 is 5.32 Å². The number of rotatable bonds is 4. The minimum atomic E-state index is -0.787. The number of hydrogen-bond acceptors (Lipinski definition) is 3. The quantitative estimate of drug-likeness (QED) is 0.844. The lowest BCUT2D eigenvalue weighted by Crippen LogP contribution is -2.57. The number of nitrogens with one attached hydrogen (secondary N) is 1. The Morgan fingerprint density at radius 2 is 2.47 bits per heavy atom. The van der Waals surface area contributed by atoms with Gasteiger partial charge in [0.15, 0.2) is 0 Å². The molecule has 1 aliphatic rings. The van der Waals surface area contributed by atoms with Crippen molar-refractivity contribution in [1.82, 2.24) is 5.32 Å². The molecule has 0 amide bonds. The smallest absolute Gasteiger partial charge is 0.324 e. The van der Waals surface area contributed by atoms with E-state index in [-0.39, 0.29) is 5.92 Å². The summed E-state index contributed by atoms with van der Waals surface area (Å²) in [7, 11) is 0. The second-order valence-electron chi connectivity index (χ2n) is 4.86. The van der Waals surface area contributed by atoms with Crippen LogP contribution in [-0.2, 0) is 11.3 Å². The number of furan rings is 1. The molecule has 94 valence electrons. The summed E-state index contributed by atoms with van der Waals surface area (Å²) in [5, 5.41) is 12.7. The fourth-order valence-corrected chi connectivity index (χ4v) is 2.66. The zero-order chi connectivity index (χ0) is 12.3. The van der Waals surface area contributed by atoms with Crippen LogP contribution in [-0.4, -0.2) is 16.6 Å². The average molecular weight is 237 g/mol. The van der Waals surface area contributed by atoms with Crippen LogP contribution in [0.25, 0.3) is 0 Å². The van der Waals surface area contributed by atoms with Crippen LogP contribution in [0.5, 0.6) is 0 Å². The third-order valence-corrected chi connectivity index (χ3v) is 3.84. The molecule has 0 saturated heterocycles. The first-order chi connectivity index (χ1) is 8.15. The van der Waals surface area contributed by atoms with Crippen molar-refractivity contribution in [3.8, 4) is 0 Å². The van der Waals surface area contributed by atoms with Crippen LogP contribution in [0.2, 0.25) is 0 Å². The van der Waals surface area contributed by atoms with Gasteiger partial charge in [0.1, 0.15) is 11.3 Å². The van der Waals surface area contributed by atoms with Crippen molar-refractivity contribution in [2.45, 2.75) is 44.7 Å². The molecule has 1 fully saturated rings. The highest BCUT2D eigenvalue weighted by molar-refractivity contribution is 5.79. The molecule has 1 aromatic heterocycles. The van der Waals surface area contributed by atoms with Gasteiger partial charge in [0.05, 0.1) is 12.8 Å². The summed E-state index contributed by atoms with van der Waals surface area (Å²) in [5.41, 5.74) is -0.787. The lowest BCUT2D eigenvalue weighted by Gasteiger charge is -2.39. The summed E-state index contributed by atoms with van der Waals surface area (Å²) in [4.78, 5) is 11.6. The molecule has 2 atom stereocenters. The molecule has 2 N–H and O–H groups in total. The molecule has 0 bridgehead atoms. The van der Waals surface area contributed by atoms with Gasteiger partial charge in [-0.1, -0.05) is 19.8 Å². The van der Waals surface area contributed by atoms with Gasteiger partial charge >= 0.3 is 5.97 Å². The maximum absolute atomic E-state index is 11.6. The summed E-state index contributed by atoms with van der Waals surface area (Å²) in [6.45, 7) is 2.49. The Hall–Kier alpha value is -1.29. The van der Waals surface area contributed by atoms with Crippen molar-refractivity contribution in [1.29, 1.82) is 0 Å². The van der Waals surface area contributed by atoms with Gasteiger partial charge in [-0.2, -0.15) is 0 Å². The van der Waals surface area contributed by atoms with Gasteiger partial charge < -0.3 is 9.52 Å². The Balaban J connectivity index is 2.08. The molecule has 4 heteroatoms. The topological polar surface area (TPSA) is 62.5 Å². The Bertz CT molecular complexity index is 374. The summed E-state index contributed by atoms with van der Waals surface area (Å²) < 4.78 is 5.23. The first kappa shape index (κ1) is 12.2. The molecule has 0 radical (unpaired) electrons. The number of hydrogen-bond donors (Lipinski definition) is 2. The van der Waals surface area contributed by atoms with Crippen molar-refractivity contribution in [3.05, 3.63) is 24.2 Å². The number of carboxylic acid groups (broad SMARTS) is 1. The predicted molar refractivity (Wildman–Crippen MR) is 63.5 cm³/mol. The van der Waals surface area contributed by atoms with Gasteiger partial charge in [-0.3, -0.25) is 10.1 Å². The van der Waals surface area contributed by atoms with Crippen molar-refractivity contribution in [2.75, 3.05) is 0 Å². The zero-order valence-corrected chi connectivity index (χ0v) is 10.1. The summed E-state index contributed by atoms with van der Waals surface area (Å²) in [5.74, 6) is 0.198. The lowest BCUT2D eigenvalue weighted by atomic mass is 9.73. The van der Waals surface area contributed by atoms with Gasteiger partial charge in [-0.15, -0.1) is 0 Å². The molecular weight excluding hydrogens is 218 g/mol.